The molecule has 0 bridgehead atoms. The van der Waals surface area contributed by atoms with Gasteiger partial charge in [-0.3, -0.25) is 4.79 Å². The Morgan fingerprint density at radius 3 is 3.00 bits per heavy atom. The van der Waals surface area contributed by atoms with Crippen molar-refractivity contribution in [3.63, 3.8) is 0 Å². The van der Waals surface area contributed by atoms with Crippen molar-refractivity contribution in [3.05, 3.63) is 38.3 Å². The van der Waals surface area contributed by atoms with Crippen molar-refractivity contribution in [3.8, 4) is 0 Å². The molecular formula is C11H9BrClN3OS. The largest absolute Gasteiger partial charge is 0.321 e. The highest BCUT2D eigenvalue weighted by Crippen LogP contribution is 2.26. The third kappa shape index (κ3) is 2.88. The molecule has 0 atom stereocenters. The van der Waals surface area contributed by atoms with Gasteiger partial charge in [-0.15, -0.1) is 5.10 Å². The number of nitrogens with one attached hydrogen (secondary N) is 1. The maximum atomic E-state index is 12.0. The first-order valence-electron chi connectivity index (χ1n) is 5.19. The summed E-state index contributed by atoms with van der Waals surface area (Å²) in [5.41, 5.74) is 1.39. The second kappa shape index (κ2) is 5.77. The zero-order valence-corrected chi connectivity index (χ0v) is 12.6. The van der Waals surface area contributed by atoms with Crippen LogP contribution >= 0.6 is 39.1 Å². The number of carbonyl (C=O) groups excluding carboxylic acids is 1. The molecule has 0 aliphatic rings. The van der Waals surface area contributed by atoms with Crippen LogP contribution in [0.5, 0.6) is 0 Å². The molecule has 1 amide bonds. The van der Waals surface area contributed by atoms with Crippen molar-refractivity contribution in [2.75, 3.05) is 5.32 Å². The fourth-order valence-electron chi connectivity index (χ4n) is 1.37. The highest BCUT2D eigenvalue weighted by atomic mass is 79.9. The van der Waals surface area contributed by atoms with Crippen molar-refractivity contribution < 1.29 is 4.79 Å². The summed E-state index contributed by atoms with van der Waals surface area (Å²) < 4.78 is 4.52. The van der Waals surface area contributed by atoms with Crippen LogP contribution in [0.2, 0.25) is 5.02 Å². The molecule has 0 unspecified atom stereocenters. The number of aromatic nitrogens is 2. The monoisotopic (exact) mass is 345 g/mol. The normalized spacial score (nSPS) is 10.4. The van der Waals surface area contributed by atoms with Gasteiger partial charge < -0.3 is 5.32 Å². The molecule has 18 heavy (non-hydrogen) atoms. The summed E-state index contributed by atoms with van der Waals surface area (Å²) in [4.78, 5) is 12.6. The summed E-state index contributed by atoms with van der Waals surface area (Å²) in [5.74, 6) is -0.198. The van der Waals surface area contributed by atoms with E-state index in [4.69, 9.17) is 11.6 Å². The Labute approximate surface area is 122 Å². The van der Waals surface area contributed by atoms with Gasteiger partial charge in [0, 0.05) is 10.2 Å². The minimum atomic E-state index is -0.198. The molecule has 1 N–H and O–H groups in total. The minimum absolute atomic E-state index is 0.198. The standard InChI is InChI=1S/C11H9BrClN3OS/c1-2-9-10(18-16-15-9)11(17)14-6-3-4-8(13)7(12)5-6/h3-5H,2H2,1H3,(H,14,17). The first-order chi connectivity index (χ1) is 8.61. The van der Waals surface area contributed by atoms with Crippen molar-refractivity contribution in [2.24, 2.45) is 0 Å². The predicted octanol–water partition coefficient (Wildman–Crippen LogP) is 3.77. The third-order valence-corrected chi connectivity index (χ3v) is 4.26. The topological polar surface area (TPSA) is 54.9 Å². The van der Waals surface area contributed by atoms with E-state index in [9.17, 15) is 4.79 Å². The number of aryl methyl sites for hydroxylation is 1. The summed E-state index contributed by atoms with van der Waals surface area (Å²) in [6, 6.07) is 5.21. The number of rotatable bonds is 3. The highest BCUT2D eigenvalue weighted by molar-refractivity contribution is 9.10. The molecular weight excluding hydrogens is 338 g/mol. The summed E-state index contributed by atoms with van der Waals surface area (Å²) >= 11 is 10.3. The third-order valence-electron chi connectivity index (χ3n) is 2.27. The molecule has 0 aliphatic carbocycles. The lowest BCUT2D eigenvalue weighted by molar-refractivity contribution is 0.102. The smallest absolute Gasteiger partial charge is 0.269 e. The number of hydrogen-bond acceptors (Lipinski definition) is 4. The lowest BCUT2D eigenvalue weighted by atomic mass is 10.2. The molecule has 0 saturated heterocycles. The summed E-state index contributed by atoms with van der Waals surface area (Å²) in [6.07, 6.45) is 0.684. The van der Waals surface area contributed by atoms with Crippen molar-refractivity contribution in [1.82, 2.24) is 9.59 Å². The van der Waals surface area contributed by atoms with E-state index in [1.807, 2.05) is 6.92 Å². The van der Waals surface area contributed by atoms with Crippen molar-refractivity contribution in [1.29, 1.82) is 0 Å². The van der Waals surface area contributed by atoms with Gasteiger partial charge in [-0.2, -0.15) is 0 Å². The van der Waals surface area contributed by atoms with Crippen LogP contribution in [0.4, 0.5) is 5.69 Å². The average Bonchev–Trinajstić information content (AvgIpc) is 2.82. The lowest BCUT2D eigenvalue weighted by Crippen LogP contribution is -2.12. The van der Waals surface area contributed by atoms with Crippen LogP contribution in [0.1, 0.15) is 22.3 Å². The number of halogens is 2. The molecule has 2 aromatic rings. The van der Waals surface area contributed by atoms with Crippen molar-refractivity contribution >= 4 is 50.7 Å². The van der Waals surface area contributed by atoms with E-state index in [0.29, 0.717) is 27.7 Å². The molecule has 94 valence electrons. The maximum absolute atomic E-state index is 12.0. The Hall–Kier alpha value is -0.980. The van der Waals surface area contributed by atoms with Gasteiger partial charge in [0.05, 0.1) is 10.7 Å². The maximum Gasteiger partial charge on any atom is 0.269 e. The first kappa shape index (κ1) is 13.5. The fraction of sp³-hybridized carbons (Fsp3) is 0.182. The molecule has 0 radical (unpaired) electrons. The van der Waals surface area contributed by atoms with Crippen LogP contribution < -0.4 is 5.32 Å². The van der Waals surface area contributed by atoms with Crippen LogP contribution in [0.25, 0.3) is 0 Å². The molecule has 1 heterocycles. The second-order valence-electron chi connectivity index (χ2n) is 3.49. The number of benzene rings is 1. The van der Waals surface area contributed by atoms with E-state index < -0.39 is 0 Å². The zero-order chi connectivity index (χ0) is 13.1. The lowest BCUT2D eigenvalue weighted by Gasteiger charge is -2.05. The minimum Gasteiger partial charge on any atom is -0.321 e. The molecule has 4 nitrogen and oxygen atoms in total. The highest BCUT2D eigenvalue weighted by Gasteiger charge is 2.15. The molecule has 1 aromatic heterocycles. The van der Waals surface area contributed by atoms with Gasteiger partial charge >= 0.3 is 0 Å². The number of hydrogen-bond donors (Lipinski definition) is 1. The molecule has 7 heteroatoms. The molecule has 1 aromatic carbocycles. The Balaban J connectivity index is 2.19. The molecule has 2 rings (SSSR count). The van der Waals surface area contributed by atoms with E-state index >= 15 is 0 Å². The van der Waals surface area contributed by atoms with E-state index in [1.165, 1.54) is 0 Å². The number of anilines is 1. The van der Waals surface area contributed by atoms with Crippen LogP contribution in [-0.4, -0.2) is 15.5 Å². The zero-order valence-electron chi connectivity index (χ0n) is 9.41. The Morgan fingerprint density at radius 1 is 1.56 bits per heavy atom. The molecule has 0 fully saturated rings. The van der Waals surface area contributed by atoms with E-state index in [1.54, 1.807) is 18.2 Å². The Morgan fingerprint density at radius 2 is 2.33 bits per heavy atom. The quantitative estimate of drug-likeness (QED) is 0.920. The fourth-order valence-corrected chi connectivity index (χ4v) is 2.52. The van der Waals surface area contributed by atoms with Gasteiger partial charge in [0.2, 0.25) is 0 Å². The number of nitrogens with zero attached hydrogens (tertiary/aromatic N) is 2. The van der Waals surface area contributed by atoms with Crippen LogP contribution in [0.3, 0.4) is 0 Å². The molecule has 0 aliphatic heterocycles. The average molecular weight is 347 g/mol. The van der Waals surface area contributed by atoms with Gasteiger partial charge in [-0.05, 0) is 52.1 Å². The van der Waals surface area contributed by atoms with Crippen LogP contribution in [0, 0.1) is 0 Å². The van der Waals surface area contributed by atoms with Gasteiger partial charge in [0.15, 0.2) is 0 Å². The molecule has 0 spiro atoms. The molecule has 0 saturated carbocycles. The van der Waals surface area contributed by atoms with Crippen molar-refractivity contribution in [2.45, 2.75) is 13.3 Å². The van der Waals surface area contributed by atoms with Crippen LogP contribution in [-0.2, 0) is 6.42 Å². The van der Waals surface area contributed by atoms with E-state index in [-0.39, 0.29) is 5.91 Å². The van der Waals surface area contributed by atoms with E-state index in [2.05, 4.69) is 30.8 Å². The number of carbonyl (C=O) groups is 1. The summed E-state index contributed by atoms with van der Waals surface area (Å²) in [5, 5.41) is 7.30. The Kier molecular flexibility index (Phi) is 4.31. The van der Waals surface area contributed by atoms with Gasteiger partial charge in [0.25, 0.3) is 5.91 Å². The SMILES string of the molecule is CCc1nnsc1C(=O)Nc1ccc(Cl)c(Br)c1. The number of amides is 1. The van der Waals surface area contributed by atoms with Gasteiger partial charge in [-0.1, -0.05) is 23.0 Å². The summed E-state index contributed by atoms with van der Waals surface area (Å²) in [7, 11) is 0. The summed E-state index contributed by atoms with van der Waals surface area (Å²) in [6.45, 7) is 1.94. The first-order valence-corrected chi connectivity index (χ1v) is 7.14. The van der Waals surface area contributed by atoms with Gasteiger partial charge in [0.1, 0.15) is 4.88 Å². The Bertz CT molecular complexity index is 587. The van der Waals surface area contributed by atoms with Crippen LogP contribution in [0.15, 0.2) is 22.7 Å². The van der Waals surface area contributed by atoms with E-state index in [0.717, 1.165) is 16.0 Å². The van der Waals surface area contributed by atoms with Gasteiger partial charge in [-0.25, -0.2) is 0 Å². The second-order valence-corrected chi connectivity index (χ2v) is 5.50. The predicted molar refractivity (Wildman–Crippen MR) is 76.4 cm³/mol.